The van der Waals surface area contributed by atoms with E-state index in [4.69, 9.17) is 8.92 Å². The Kier molecular flexibility index (Phi) is 4.63. The van der Waals surface area contributed by atoms with Crippen LogP contribution in [-0.4, -0.2) is 32.7 Å². The van der Waals surface area contributed by atoms with E-state index in [2.05, 4.69) is 26.8 Å². The van der Waals surface area contributed by atoms with Crippen molar-refractivity contribution < 1.29 is 22.1 Å². The van der Waals surface area contributed by atoms with Gasteiger partial charge in [-0.25, -0.2) is 0 Å². The normalized spacial score (nSPS) is 42.8. The van der Waals surface area contributed by atoms with Crippen LogP contribution >= 0.6 is 0 Å². The number of ketones is 1. The highest BCUT2D eigenvalue weighted by Crippen LogP contribution is 2.66. The van der Waals surface area contributed by atoms with E-state index in [0.717, 1.165) is 43.9 Å². The summed E-state index contributed by atoms with van der Waals surface area (Å²) >= 11 is 0. The van der Waals surface area contributed by atoms with Gasteiger partial charge in [-0.3, -0.25) is 4.79 Å². The molecule has 0 N–H and O–H groups in total. The summed E-state index contributed by atoms with van der Waals surface area (Å²) in [5, 5.41) is 0. The van der Waals surface area contributed by atoms with Gasteiger partial charge in [0.25, 0.3) is 0 Å². The molecule has 0 amide bonds. The van der Waals surface area contributed by atoms with Crippen molar-refractivity contribution in [1.29, 1.82) is 0 Å². The van der Waals surface area contributed by atoms with Gasteiger partial charge in [0, 0.05) is 30.3 Å². The Balaban J connectivity index is 1.77. The highest BCUT2D eigenvalue weighted by atomic mass is 32.2. The van der Waals surface area contributed by atoms with Crippen LogP contribution in [0.15, 0.2) is 23.5 Å². The molecule has 5 atom stereocenters. The van der Waals surface area contributed by atoms with E-state index in [1.807, 2.05) is 6.08 Å². The summed E-state index contributed by atoms with van der Waals surface area (Å²) in [7, 11) is -3.52. The van der Waals surface area contributed by atoms with E-state index in [1.165, 1.54) is 0 Å². The standard InChI is InChI=1S/C22H32O5S/c1-5-26-22-13-12-20(2)17(8-9-19(20)23)18(22)7-6-15-14-16(27-28(4,24)25)10-11-21(15,22)3/h6,14,17-18H,5,7-13H2,1-4H3/t17?,18?,20?,21?,22-/m1/s1. The third-order valence-electron chi connectivity index (χ3n) is 8.25. The van der Waals surface area contributed by atoms with Crippen LogP contribution in [0.2, 0.25) is 0 Å². The maximum atomic E-state index is 12.7. The molecule has 4 unspecified atom stereocenters. The topological polar surface area (TPSA) is 69.7 Å². The first kappa shape index (κ1) is 20.1. The van der Waals surface area contributed by atoms with E-state index >= 15 is 0 Å². The molecule has 6 heteroatoms. The van der Waals surface area contributed by atoms with Gasteiger partial charge in [0.2, 0.25) is 0 Å². The molecule has 2 saturated carbocycles. The Morgan fingerprint density at radius 1 is 1.14 bits per heavy atom. The van der Waals surface area contributed by atoms with Gasteiger partial charge in [-0.2, -0.15) is 8.42 Å². The molecule has 4 rings (SSSR count). The minimum atomic E-state index is -3.52. The number of allylic oxidation sites excluding steroid dienone is 3. The summed E-state index contributed by atoms with van der Waals surface area (Å²) in [6.45, 7) is 7.14. The van der Waals surface area contributed by atoms with E-state index in [0.29, 0.717) is 42.8 Å². The number of hydrogen-bond acceptors (Lipinski definition) is 5. The molecule has 0 radical (unpaired) electrons. The summed E-state index contributed by atoms with van der Waals surface area (Å²) < 4.78 is 35.0. The average Bonchev–Trinajstić information content (AvgIpc) is 2.90. The molecule has 0 spiro atoms. The SMILES string of the molecule is CCO[C@]12CCC3(C)C(=O)CCC3C1CC=C1C=C(OS(C)(=O)=O)CCC12C. The van der Waals surface area contributed by atoms with Crippen LogP contribution < -0.4 is 0 Å². The second-order valence-corrected chi connectivity index (χ2v) is 11.1. The third-order valence-corrected chi connectivity index (χ3v) is 8.77. The Bertz CT molecular complexity index is 856. The van der Waals surface area contributed by atoms with Crippen molar-refractivity contribution >= 4 is 15.9 Å². The van der Waals surface area contributed by atoms with Crippen molar-refractivity contribution in [2.24, 2.45) is 22.7 Å². The van der Waals surface area contributed by atoms with Gasteiger partial charge in [-0.05, 0) is 62.5 Å². The molecular weight excluding hydrogens is 376 g/mol. The van der Waals surface area contributed by atoms with E-state index in [-0.39, 0.29) is 16.4 Å². The monoisotopic (exact) mass is 408 g/mol. The molecule has 4 aliphatic carbocycles. The third kappa shape index (κ3) is 2.74. The number of hydrogen-bond donors (Lipinski definition) is 0. The molecule has 0 saturated heterocycles. The van der Waals surface area contributed by atoms with Crippen LogP contribution in [0.25, 0.3) is 0 Å². The number of fused-ring (bicyclic) bond motifs is 5. The van der Waals surface area contributed by atoms with E-state index in [9.17, 15) is 13.2 Å². The van der Waals surface area contributed by atoms with Gasteiger partial charge in [0.1, 0.15) is 11.5 Å². The molecular formula is C22H32O5S. The number of ether oxygens (including phenoxy) is 1. The highest BCUT2D eigenvalue weighted by Gasteiger charge is 2.66. The van der Waals surface area contributed by atoms with Crippen molar-refractivity contribution in [2.45, 2.75) is 71.3 Å². The fourth-order valence-electron chi connectivity index (χ4n) is 6.84. The Labute approximate surface area is 168 Å². The van der Waals surface area contributed by atoms with Gasteiger partial charge in [0.05, 0.1) is 11.9 Å². The van der Waals surface area contributed by atoms with Crippen molar-refractivity contribution in [3.05, 3.63) is 23.5 Å². The second-order valence-electron chi connectivity index (χ2n) is 9.54. The minimum Gasteiger partial charge on any atom is -0.387 e. The molecule has 156 valence electrons. The van der Waals surface area contributed by atoms with Gasteiger partial charge >= 0.3 is 10.1 Å². The summed E-state index contributed by atoms with van der Waals surface area (Å²) in [6, 6.07) is 0. The molecule has 0 aliphatic heterocycles. The first-order valence-electron chi connectivity index (χ1n) is 10.5. The zero-order valence-corrected chi connectivity index (χ0v) is 18.2. The molecule has 5 nitrogen and oxygen atoms in total. The van der Waals surface area contributed by atoms with Crippen LogP contribution in [0.4, 0.5) is 0 Å². The van der Waals surface area contributed by atoms with Gasteiger partial charge in [-0.15, -0.1) is 0 Å². The highest BCUT2D eigenvalue weighted by molar-refractivity contribution is 7.86. The number of rotatable bonds is 4. The van der Waals surface area contributed by atoms with E-state index < -0.39 is 10.1 Å². The number of carbonyl (C=O) groups is 1. The van der Waals surface area contributed by atoms with Crippen molar-refractivity contribution in [2.75, 3.05) is 12.9 Å². The maximum absolute atomic E-state index is 12.7. The molecule has 28 heavy (non-hydrogen) atoms. The van der Waals surface area contributed by atoms with Crippen LogP contribution in [0.5, 0.6) is 0 Å². The average molecular weight is 409 g/mol. The molecule has 4 aliphatic rings. The van der Waals surface area contributed by atoms with Gasteiger partial charge in [-0.1, -0.05) is 19.9 Å². The Hall–Kier alpha value is -1.14. The molecule has 0 bridgehead atoms. The smallest absolute Gasteiger partial charge is 0.305 e. The quantitative estimate of drug-likeness (QED) is 0.654. The zero-order chi connectivity index (χ0) is 20.4. The fraction of sp³-hybridized carbons (Fsp3) is 0.773. The lowest BCUT2D eigenvalue weighted by atomic mass is 9.46. The van der Waals surface area contributed by atoms with Crippen LogP contribution in [-0.2, 0) is 23.8 Å². The largest absolute Gasteiger partial charge is 0.387 e. The number of Topliss-reactive ketones (excluding diaryl/α,β-unsaturated/α-hetero) is 1. The lowest BCUT2D eigenvalue weighted by Crippen LogP contribution is -2.63. The fourth-order valence-corrected chi connectivity index (χ4v) is 7.36. The summed E-state index contributed by atoms with van der Waals surface area (Å²) in [5.74, 6) is 1.65. The number of carbonyl (C=O) groups excluding carboxylic acids is 1. The van der Waals surface area contributed by atoms with Crippen LogP contribution in [0.1, 0.15) is 65.7 Å². The van der Waals surface area contributed by atoms with E-state index in [1.54, 1.807) is 0 Å². The van der Waals surface area contributed by atoms with Crippen molar-refractivity contribution in [3.8, 4) is 0 Å². The molecule has 0 aromatic carbocycles. The molecule has 0 heterocycles. The van der Waals surface area contributed by atoms with Crippen LogP contribution in [0.3, 0.4) is 0 Å². The first-order chi connectivity index (χ1) is 13.1. The predicted octanol–water partition coefficient (Wildman–Crippen LogP) is 4.15. The van der Waals surface area contributed by atoms with Crippen LogP contribution in [0, 0.1) is 22.7 Å². The zero-order valence-electron chi connectivity index (χ0n) is 17.4. The predicted molar refractivity (Wildman–Crippen MR) is 107 cm³/mol. The molecule has 0 aromatic heterocycles. The summed E-state index contributed by atoms with van der Waals surface area (Å²) in [6.07, 6.45) is 11.0. The molecule has 2 fully saturated rings. The lowest BCUT2D eigenvalue weighted by molar-refractivity contribution is -0.207. The Morgan fingerprint density at radius 3 is 2.57 bits per heavy atom. The minimum absolute atomic E-state index is 0.191. The first-order valence-corrected chi connectivity index (χ1v) is 12.4. The van der Waals surface area contributed by atoms with Gasteiger partial charge in [0.15, 0.2) is 0 Å². The Morgan fingerprint density at radius 2 is 1.89 bits per heavy atom. The lowest BCUT2D eigenvalue weighted by Gasteiger charge is -2.62. The van der Waals surface area contributed by atoms with Crippen molar-refractivity contribution in [3.63, 3.8) is 0 Å². The van der Waals surface area contributed by atoms with Gasteiger partial charge < -0.3 is 8.92 Å². The maximum Gasteiger partial charge on any atom is 0.305 e. The summed E-state index contributed by atoms with van der Waals surface area (Å²) in [4.78, 5) is 12.7. The molecule has 0 aromatic rings. The summed E-state index contributed by atoms with van der Waals surface area (Å²) in [5.41, 5.74) is 0.439. The second kappa shape index (κ2) is 6.43. The van der Waals surface area contributed by atoms with Crippen molar-refractivity contribution in [1.82, 2.24) is 0 Å².